The lowest BCUT2D eigenvalue weighted by Crippen LogP contribution is -2.51. The smallest absolute Gasteiger partial charge is 0.354 e. The fourth-order valence-corrected chi connectivity index (χ4v) is 3.87. The van der Waals surface area contributed by atoms with Crippen molar-refractivity contribution in [2.45, 2.75) is 6.18 Å². The van der Waals surface area contributed by atoms with Gasteiger partial charge in [-0.2, -0.15) is 18.4 Å². The number of halogens is 4. The molecular weight excluding hydrogens is 465 g/mol. The van der Waals surface area contributed by atoms with E-state index in [1.165, 1.54) is 24.7 Å². The Labute approximate surface area is 191 Å². The van der Waals surface area contributed by atoms with Gasteiger partial charge in [0.2, 0.25) is 5.91 Å². The van der Waals surface area contributed by atoms with Crippen LogP contribution in [0.5, 0.6) is 0 Å². The van der Waals surface area contributed by atoms with Gasteiger partial charge >= 0.3 is 11.9 Å². The molecule has 3 rings (SSSR count). The lowest BCUT2D eigenvalue weighted by Gasteiger charge is -2.36. The van der Waals surface area contributed by atoms with Crippen LogP contribution < -0.4 is 21.5 Å². The number of carbonyl (C=O) groups is 1. The molecule has 2 heterocycles. The predicted octanol–water partition coefficient (Wildman–Crippen LogP) is 1.39. The summed E-state index contributed by atoms with van der Waals surface area (Å²) >= 11 is 5.59. The predicted molar refractivity (Wildman–Crippen MR) is 115 cm³/mol. The van der Waals surface area contributed by atoms with Gasteiger partial charge in [0.15, 0.2) is 5.56 Å². The Kier molecular flexibility index (Phi) is 6.85. The Morgan fingerprint density at radius 3 is 2.36 bits per heavy atom. The van der Waals surface area contributed by atoms with E-state index in [-0.39, 0.29) is 23.6 Å². The van der Waals surface area contributed by atoms with Crippen LogP contribution in [-0.4, -0.2) is 52.7 Å². The maximum Gasteiger partial charge on any atom is 0.417 e. The summed E-state index contributed by atoms with van der Waals surface area (Å²) in [4.78, 5) is 40.4. The van der Waals surface area contributed by atoms with Crippen LogP contribution in [0.1, 0.15) is 11.1 Å². The molecule has 1 N–H and O–H groups in total. The van der Waals surface area contributed by atoms with Gasteiger partial charge in [0.25, 0.3) is 5.56 Å². The van der Waals surface area contributed by atoms with E-state index in [0.717, 1.165) is 16.7 Å². The molecular formula is C20H20ClF3N6O3. The van der Waals surface area contributed by atoms with Gasteiger partial charge < -0.3 is 10.2 Å². The van der Waals surface area contributed by atoms with Gasteiger partial charge in [-0.3, -0.25) is 23.6 Å². The van der Waals surface area contributed by atoms with Crippen molar-refractivity contribution in [1.82, 2.24) is 14.0 Å². The Balaban J connectivity index is 1.67. The van der Waals surface area contributed by atoms with E-state index in [9.17, 15) is 32.8 Å². The van der Waals surface area contributed by atoms with E-state index in [4.69, 9.17) is 11.6 Å². The average molecular weight is 485 g/mol. The summed E-state index contributed by atoms with van der Waals surface area (Å²) in [7, 11) is 2.77. The molecule has 33 heavy (non-hydrogen) atoms. The summed E-state index contributed by atoms with van der Waals surface area (Å²) in [5.74, 6) is -0.284. The third kappa shape index (κ3) is 5.04. The molecule has 1 amide bonds. The quantitative estimate of drug-likeness (QED) is 0.703. The Morgan fingerprint density at radius 1 is 1.15 bits per heavy atom. The fourth-order valence-electron chi connectivity index (χ4n) is 3.64. The van der Waals surface area contributed by atoms with Gasteiger partial charge in [-0.15, -0.1) is 0 Å². The maximum atomic E-state index is 13.0. The van der Waals surface area contributed by atoms with E-state index >= 15 is 0 Å². The van der Waals surface area contributed by atoms with Gasteiger partial charge in [0.1, 0.15) is 11.9 Å². The van der Waals surface area contributed by atoms with Crippen LogP contribution >= 0.6 is 11.6 Å². The summed E-state index contributed by atoms with van der Waals surface area (Å²) in [5, 5.41) is 11.4. The van der Waals surface area contributed by atoms with Gasteiger partial charge in [0, 0.05) is 46.0 Å². The molecule has 0 saturated carbocycles. The highest BCUT2D eigenvalue weighted by molar-refractivity contribution is 6.31. The second-order valence-corrected chi connectivity index (χ2v) is 7.93. The summed E-state index contributed by atoms with van der Waals surface area (Å²) in [6.45, 7) is 1.34. The first-order valence-corrected chi connectivity index (χ1v) is 10.2. The normalized spacial score (nSPS) is 14.8. The molecule has 1 aromatic heterocycles. The number of amides is 1. The van der Waals surface area contributed by atoms with E-state index in [1.54, 1.807) is 9.80 Å². The zero-order valence-corrected chi connectivity index (χ0v) is 18.5. The minimum Gasteiger partial charge on any atom is -0.354 e. The summed E-state index contributed by atoms with van der Waals surface area (Å²) in [6, 6.07) is 4.99. The molecule has 0 radical (unpaired) electrons. The minimum atomic E-state index is -4.64. The van der Waals surface area contributed by atoms with Gasteiger partial charge in [-0.05, 0) is 18.2 Å². The van der Waals surface area contributed by atoms with E-state index < -0.39 is 33.9 Å². The number of nitrogens with one attached hydrogen (secondary N) is 1. The second kappa shape index (κ2) is 9.29. The van der Waals surface area contributed by atoms with Crippen molar-refractivity contribution in [1.29, 1.82) is 5.26 Å². The molecule has 0 unspecified atom stereocenters. The first-order valence-electron chi connectivity index (χ1n) is 9.78. The van der Waals surface area contributed by atoms with Crippen molar-refractivity contribution in [2.24, 2.45) is 14.1 Å². The van der Waals surface area contributed by atoms with Crippen LogP contribution in [0.15, 0.2) is 27.8 Å². The highest BCUT2D eigenvalue weighted by atomic mass is 35.5. The number of rotatable bonds is 4. The molecule has 0 aliphatic carbocycles. The van der Waals surface area contributed by atoms with Crippen LogP contribution in [0.3, 0.4) is 0 Å². The highest BCUT2D eigenvalue weighted by Gasteiger charge is 2.33. The molecule has 1 aliphatic rings. The molecule has 176 valence electrons. The standard InChI is InChI=1S/C20H20ClF3N6O3/c1-27-17(13(10-25)18(32)28(2)19(27)33)30-7-5-29(6-8-30)11-16(31)26-12-3-4-15(21)14(9-12)20(22,23)24/h3-4,9H,5-8,11H2,1-2H3,(H,26,31). The molecule has 0 bridgehead atoms. The molecule has 2 aromatic rings. The number of alkyl halides is 3. The number of aromatic nitrogens is 2. The molecule has 1 aliphatic heterocycles. The third-order valence-electron chi connectivity index (χ3n) is 5.34. The number of carbonyl (C=O) groups excluding carboxylic acids is 1. The van der Waals surface area contributed by atoms with Crippen molar-refractivity contribution < 1.29 is 18.0 Å². The number of anilines is 2. The SMILES string of the molecule is Cn1c(N2CCN(CC(=O)Nc3ccc(Cl)c(C(F)(F)F)c3)CC2)c(C#N)c(=O)n(C)c1=O. The molecule has 1 aromatic carbocycles. The zero-order chi connectivity index (χ0) is 24.5. The molecule has 1 saturated heterocycles. The highest BCUT2D eigenvalue weighted by Crippen LogP contribution is 2.36. The zero-order valence-electron chi connectivity index (χ0n) is 17.7. The number of hydrogen-bond acceptors (Lipinski definition) is 6. The van der Waals surface area contributed by atoms with Gasteiger partial charge in [-0.1, -0.05) is 11.6 Å². The van der Waals surface area contributed by atoms with Gasteiger partial charge in [0.05, 0.1) is 17.1 Å². The first-order chi connectivity index (χ1) is 15.4. The number of piperazine rings is 1. The Hall–Kier alpha value is -3.30. The topological polar surface area (TPSA) is 103 Å². The van der Waals surface area contributed by atoms with Crippen LogP contribution in [-0.2, 0) is 25.1 Å². The Bertz CT molecular complexity index is 1240. The van der Waals surface area contributed by atoms with Crippen molar-refractivity contribution in [2.75, 3.05) is 42.9 Å². The molecule has 9 nitrogen and oxygen atoms in total. The molecule has 0 spiro atoms. The lowest BCUT2D eigenvalue weighted by atomic mass is 10.2. The van der Waals surface area contributed by atoms with E-state index in [2.05, 4.69) is 5.32 Å². The molecule has 0 atom stereocenters. The van der Waals surface area contributed by atoms with Crippen molar-refractivity contribution >= 4 is 29.0 Å². The van der Waals surface area contributed by atoms with E-state index in [0.29, 0.717) is 26.2 Å². The first kappa shape index (κ1) is 24.3. The monoisotopic (exact) mass is 484 g/mol. The molecule has 1 fully saturated rings. The van der Waals surface area contributed by atoms with Gasteiger partial charge in [-0.25, -0.2) is 4.79 Å². The van der Waals surface area contributed by atoms with Crippen LogP contribution in [0.2, 0.25) is 5.02 Å². The largest absolute Gasteiger partial charge is 0.417 e. The number of benzene rings is 1. The second-order valence-electron chi connectivity index (χ2n) is 7.52. The number of nitriles is 1. The van der Waals surface area contributed by atoms with Crippen molar-refractivity contribution in [3.05, 3.63) is 55.2 Å². The average Bonchev–Trinajstić information content (AvgIpc) is 2.76. The molecule has 13 heteroatoms. The summed E-state index contributed by atoms with van der Waals surface area (Å²) < 4.78 is 41.1. The van der Waals surface area contributed by atoms with Crippen LogP contribution in [0.25, 0.3) is 0 Å². The number of hydrogen-bond donors (Lipinski definition) is 1. The number of nitrogens with zero attached hydrogens (tertiary/aromatic N) is 5. The third-order valence-corrected chi connectivity index (χ3v) is 5.67. The van der Waals surface area contributed by atoms with Crippen LogP contribution in [0, 0.1) is 11.3 Å². The Morgan fingerprint density at radius 2 is 1.79 bits per heavy atom. The van der Waals surface area contributed by atoms with E-state index in [1.807, 2.05) is 6.07 Å². The van der Waals surface area contributed by atoms with Crippen molar-refractivity contribution in [3.63, 3.8) is 0 Å². The van der Waals surface area contributed by atoms with Crippen molar-refractivity contribution in [3.8, 4) is 6.07 Å². The minimum absolute atomic E-state index is 0.0239. The fraction of sp³-hybridized carbons (Fsp3) is 0.400. The maximum absolute atomic E-state index is 13.0. The van der Waals surface area contributed by atoms with Crippen LogP contribution in [0.4, 0.5) is 24.7 Å². The summed E-state index contributed by atoms with van der Waals surface area (Å²) in [6.07, 6.45) is -4.64. The lowest BCUT2D eigenvalue weighted by molar-refractivity contribution is -0.137. The summed E-state index contributed by atoms with van der Waals surface area (Å²) in [5.41, 5.74) is -2.45.